The molecule has 0 spiro atoms. The van der Waals surface area contributed by atoms with Gasteiger partial charge in [0, 0.05) is 37.7 Å². The summed E-state index contributed by atoms with van der Waals surface area (Å²) in [6.07, 6.45) is 2.30. The molecule has 0 aliphatic carbocycles. The van der Waals surface area contributed by atoms with Gasteiger partial charge in [0.1, 0.15) is 33.5 Å². The summed E-state index contributed by atoms with van der Waals surface area (Å²) in [7, 11) is 0. The second kappa shape index (κ2) is 9.96. The second-order valence-corrected chi connectivity index (χ2v) is 12.9. The van der Waals surface area contributed by atoms with Crippen LogP contribution in [0.25, 0.3) is 99.0 Å². The Morgan fingerprint density at radius 2 is 0.939 bits per heavy atom. The molecular weight excluding hydrogens is 601 g/mol. The molecular formula is C46H26O3. The maximum Gasteiger partial charge on any atom is 0.143 e. The average molecular weight is 627 g/mol. The van der Waals surface area contributed by atoms with Gasteiger partial charge in [0.05, 0.1) is 0 Å². The summed E-state index contributed by atoms with van der Waals surface area (Å²) in [5, 5.41) is 11.4. The van der Waals surface area contributed by atoms with Crippen molar-refractivity contribution < 1.29 is 13.3 Å². The van der Waals surface area contributed by atoms with Crippen LogP contribution >= 0.6 is 0 Å². The van der Waals surface area contributed by atoms with Crippen molar-refractivity contribution in [3.05, 3.63) is 168 Å². The fourth-order valence-corrected chi connectivity index (χ4v) is 7.72. The van der Waals surface area contributed by atoms with Gasteiger partial charge in [0.15, 0.2) is 0 Å². The number of furan rings is 3. The smallest absolute Gasteiger partial charge is 0.143 e. The summed E-state index contributed by atoms with van der Waals surface area (Å²) in [6.45, 7) is 0. The standard InChI is InChI=1S/C46H26O3/c1-3-9-32-28(7-1)15-22-44-45(32)39-24-27(13-19-43(39)48-44)23-36(30-16-20-41-37(25-30)34-11-5-6-12-40(34)47-41)31-17-21-42-38(26-31)35-18-14-29-8-2-4-10-33(29)46(35)49-42/h1-26H/b36-23+. The lowest BCUT2D eigenvalue weighted by atomic mass is 9.93. The first-order valence-corrected chi connectivity index (χ1v) is 16.6. The van der Waals surface area contributed by atoms with Crippen LogP contribution in [0.2, 0.25) is 0 Å². The monoisotopic (exact) mass is 626 g/mol. The molecule has 0 saturated carbocycles. The van der Waals surface area contributed by atoms with Crippen molar-refractivity contribution in [2.45, 2.75) is 0 Å². The Balaban J connectivity index is 1.17. The van der Waals surface area contributed by atoms with Gasteiger partial charge in [-0.1, -0.05) is 97.1 Å². The minimum atomic E-state index is 0.879. The van der Waals surface area contributed by atoms with E-state index in [1.54, 1.807) is 0 Å². The van der Waals surface area contributed by atoms with Crippen LogP contribution in [0.15, 0.2) is 165 Å². The van der Waals surface area contributed by atoms with E-state index in [1.165, 1.54) is 16.2 Å². The third-order valence-corrected chi connectivity index (χ3v) is 10.1. The number of hydrogen-bond acceptors (Lipinski definition) is 3. The van der Waals surface area contributed by atoms with Gasteiger partial charge in [-0.05, 0) is 99.1 Å². The highest BCUT2D eigenvalue weighted by molar-refractivity contribution is 6.19. The highest BCUT2D eigenvalue weighted by atomic mass is 16.3. The zero-order chi connectivity index (χ0) is 32.1. The largest absolute Gasteiger partial charge is 0.456 e. The van der Waals surface area contributed by atoms with E-state index in [2.05, 4.69) is 146 Å². The Hall–Kier alpha value is -6.58. The van der Waals surface area contributed by atoms with Crippen molar-refractivity contribution in [2.24, 2.45) is 0 Å². The quantitative estimate of drug-likeness (QED) is 0.183. The highest BCUT2D eigenvalue weighted by Gasteiger charge is 2.16. The molecule has 11 rings (SSSR count). The third-order valence-electron chi connectivity index (χ3n) is 10.1. The first-order chi connectivity index (χ1) is 24.2. The van der Waals surface area contributed by atoms with E-state index in [0.29, 0.717) is 0 Å². The molecule has 0 aliphatic rings. The van der Waals surface area contributed by atoms with Gasteiger partial charge in [-0.15, -0.1) is 0 Å². The maximum absolute atomic E-state index is 6.49. The SMILES string of the molecule is C(=C(/c1ccc2oc3ccccc3c2c1)c1ccc2oc3c4ccccc4ccc3c2c1)/c1ccc2oc3ccc4ccccc4c3c2c1. The minimum absolute atomic E-state index is 0.879. The Morgan fingerprint density at radius 1 is 0.367 bits per heavy atom. The van der Waals surface area contributed by atoms with E-state index >= 15 is 0 Å². The molecule has 0 unspecified atom stereocenters. The lowest BCUT2D eigenvalue weighted by Crippen LogP contribution is -1.89. The van der Waals surface area contributed by atoms with Crippen LogP contribution in [0, 0.1) is 0 Å². The predicted octanol–water partition coefficient (Wildman–Crippen LogP) is 13.3. The number of hydrogen-bond donors (Lipinski definition) is 0. The van der Waals surface area contributed by atoms with Crippen molar-refractivity contribution in [3.63, 3.8) is 0 Å². The molecule has 3 heteroatoms. The van der Waals surface area contributed by atoms with Crippen molar-refractivity contribution in [2.75, 3.05) is 0 Å². The molecule has 0 atom stereocenters. The summed E-state index contributed by atoms with van der Waals surface area (Å²) in [6, 6.07) is 53.3. The lowest BCUT2D eigenvalue weighted by molar-refractivity contribution is 0.668. The van der Waals surface area contributed by atoms with E-state index < -0.39 is 0 Å². The van der Waals surface area contributed by atoms with E-state index in [9.17, 15) is 0 Å². The molecule has 3 nitrogen and oxygen atoms in total. The molecule has 0 aliphatic heterocycles. The average Bonchev–Trinajstić information content (AvgIpc) is 3.84. The number of benzene rings is 8. The maximum atomic E-state index is 6.49. The molecule has 3 aromatic heterocycles. The fourth-order valence-electron chi connectivity index (χ4n) is 7.72. The first kappa shape index (κ1) is 26.5. The Labute approximate surface area is 279 Å². The molecule has 49 heavy (non-hydrogen) atoms. The summed E-state index contributed by atoms with van der Waals surface area (Å²) < 4.78 is 19.0. The van der Waals surface area contributed by atoms with Crippen LogP contribution in [0.1, 0.15) is 16.7 Å². The lowest BCUT2D eigenvalue weighted by Gasteiger charge is -2.10. The predicted molar refractivity (Wildman–Crippen MR) is 203 cm³/mol. The van der Waals surface area contributed by atoms with Crippen LogP contribution in [0.3, 0.4) is 0 Å². The topological polar surface area (TPSA) is 39.4 Å². The molecule has 0 fully saturated rings. The van der Waals surface area contributed by atoms with Crippen molar-refractivity contribution in [3.8, 4) is 0 Å². The number of rotatable bonds is 3. The van der Waals surface area contributed by atoms with Crippen LogP contribution < -0.4 is 0 Å². The molecule has 0 amide bonds. The minimum Gasteiger partial charge on any atom is -0.456 e. The molecule has 228 valence electrons. The second-order valence-electron chi connectivity index (χ2n) is 12.9. The zero-order valence-corrected chi connectivity index (χ0v) is 26.2. The fraction of sp³-hybridized carbons (Fsp3) is 0. The Bertz CT molecular complexity index is 3160. The van der Waals surface area contributed by atoms with Crippen LogP contribution in [0.4, 0.5) is 0 Å². The van der Waals surface area contributed by atoms with Crippen molar-refractivity contribution in [1.82, 2.24) is 0 Å². The Morgan fingerprint density at radius 3 is 1.78 bits per heavy atom. The number of para-hydroxylation sites is 1. The Kier molecular flexibility index (Phi) is 5.38. The van der Waals surface area contributed by atoms with Gasteiger partial charge in [-0.25, -0.2) is 0 Å². The summed E-state index contributed by atoms with van der Waals surface area (Å²) in [5.41, 5.74) is 9.79. The first-order valence-electron chi connectivity index (χ1n) is 16.6. The van der Waals surface area contributed by atoms with Crippen LogP contribution in [-0.2, 0) is 0 Å². The molecule has 0 bridgehead atoms. The van der Waals surface area contributed by atoms with Gasteiger partial charge < -0.3 is 13.3 Å². The van der Waals surface area contributed by atoms with E-state index in [-0.39, 0.29) is 0 Å². The number of fused-ring (bicyclic) bond motifs is 13. The zero-order valence-electron chi connectivity index (χ0n) is 26.2. The molecule has 3 heterocycles. The third kappa shape index (κ3) is 3.96. The van der Waals surface area contributed by atoms with Crippen molar-refractivity contribution >= 4 is 99.0 Å². The van der Waals surface area contributed by atoms with E-state index in [1.807, 2.05) is 12.1 Å². The molecule has 8 aromatic carbocycles. The molecule has 0 saturated heterocycles. The van der Waals surface area contributed by atoms with Gasteiger partial charge in [0.25, 0.3) is 0 Å². The van der Waals surface area contributed by atoms with Gasteiger partial charge in [0.2, 0.25) is 0 Å². The van der Waals surface area contributed by atoms with Crippen molar-refractivity contribution in [1.29, 1.82) is 0 Å². The van der Waals surface area contributed by atoms with Gasteiger partial charge in [-0.2, -0.15) is 0 Å². The summed E-state index contributed by atoms with van der Waals surface area (Å²) in [4.78, 5) is 0. The van der Waals surface area contributed by atoms with Gasteiger partial charge >= 0.3 is 0 Å². The normalized spacial score (nSPS) is 12.6. The van der Waals surface area contributed by atoms with Crippen LogP contribution in [-0.4, -0.2) is 0 Å². The van der Waals surface area contributed by atoms with Crippen LogP contribution in [0.5, 0.6) is 0 Å². The highest BCUT2D eigenvalue weighted by Crippen LogP contribution is 2.40. The van der Waals surface area contributed by atoms with E-state index in [4.69, 9.17) is 13.3 Å². The molecule has 11 aromatic rings. The molecule has 0 radical (unpaired) electrons. The summed E-state index contributed by atoms with van der Waals surface area (Å²) in [5.74, 6) is 0. The summed E-state index contributed by atoms with van der Waals surface area (Å²) >= 11 is 0. The van der Waals surface area contributed by atoms with E-state index in [0.717, 1.165) is 93.5 Å². The molecule has 0 N–H and O–H groups in total. The van der Waals surface area contributed by atoms with Gasteiger partial charge in [-0.3, -0.25) is 0 Å².